The number of benzene rings is 2. The van der Waals surface area contributed by atoms with Crippen molar-refractivity contribution in [3.8, 4) is 11.5 Å². The Balaban J connectivity index is 1.80. The lowest BCUT2D eigenvalue weighted by Gasteiger charge is -2.23. The highest BCUT2D eigenvalue weighted by molar-refractivity contribution is 5.95. The standard InChI is InChI=1S/C24H31N3O4/c1-2-30-20-12-18(13-21(14-20)31-15-16-6-4-3-5-7-16)22(24(28)29)27-19-10-8-17(9-11-19)23(25)26/h8-14,16,22,27H,2-7,15H2,1H3,(H3,25,26)(H,28,29). The Labute approximate surface area is 183 Å². The average Bonchev–Trinajstić information content (AvgIpc) is 2.77. The van der Waals surface area contributed by atoms with E-state index in [4.69, 9.17) is 20.6 Å². The molecule has 0 aromatic heterocycles. The molecule has 0 spiro atoms. The lowest BCUT2D eigenvalue weighted by Crippen LogP contribution is -2.21. The van der Waals surface area contributed by atoms with Crippen LogP contribution in [0.4, 0.5) is 5.69 Å². The van der Waals surface area contributed by atoms with Crippen LogP contribution in [-0.4, -0.2) is 30.1 Å². The highest BCUT2D eigenvalue weighted by Crippen LogP contribution is 2.31. The smallest absolute Gasteiger partial charge is 0.330 e. The second kappa shape index (κ2) is 10.7. The first-order valence-electron chi connectivity index (χ1n) is 10.8. The number of nitrogens with one attached hydrogen (secondary N) is 2. The fraction of sp³-hybridized carbons (Fsp3) is 0.417. The van der Waals surface area contributed by atoms with Crippen LogP contribution in [0, 0.1) is 11.3 Å². The summed E-state index contributed by atoms with van der Waals surface area (Å²) in [5.74, 6) is 0.694. The first-order valence-corrected chi connectivity index (χ1v) is 10.8. The molecule has 31 heavy (non-hydrogen) atoms. The zero-order valence-electron chi connectivity index (χ0n) is 17.9. The Hall–Kier alpha value is -3.22. The number of amidine groups is 1. The molecule has 0 amide bonds. The van der Waals surface area contributed by atoms with E-state index in [1.807, 2.05) is 13.0 Å². The molecule has 1 fully saturated rings. The van der Waals surface area contributed by atoms with Crippen molar-refractivity contribution in [1.29, 1.82) is 5.41 Å². The molecule has 3 rings (SSSR count). The van der Waals surface area contributed by atoms with Crippen LogP contribution in [0.2, 0.25) is 0 Å². The molecule has 5 N–H and O–H groups in total. The van der Waals surface area contributed by atoms with Crippen LogP contribution in [0.1, 0.15) is 56.2 Å². The Morgan fingerprint density at radius 2 is 1.77 bits per heavy atom. The third kappa shape index (κ3) is 6.38. The molecule has 0 bridgehead atoms. The number of anilines is 1. The predicted molar refractivity (Wildman–Crippen MR) is 121 cm³/mol. The number of hydrogen-bond acceptors (Lipinski definition) is 5. The van der Waals surface area contributed by atoms with Gasteiger partial charge in [0.25, 0.3) is 0 Å². The lowest BCUT2D eigenvalue weighted by atomic mass is 9.90. The van der Waals surface area contributed by atoms with E-state index in [2.05, 4.69) is 5.32 Å². The molecule has 1 saturated carbocycles. The topological polar surface area (TPSA) is 118 Å². The first kappa shape index (κ1) is 22.5. The molecule has 1 aliphatic carbocycles. The second-order valence-corrected chi connectivity index (χ2v) is 7.89. The summed E-state index contributed by atoms with van der Waals surface area (Å²) in [6.45, 7) is 2.99. The SMILES string of the molecule is CCOc1cc(OCC2CCCCC2)cc(C(Nc2ccc(C(=N)N)cc2)C(=O)O)c1. The molecule has 1 atom stereocenters. The van der Waals surface area contributed by atoms with E-state index < -0.39 is 12.0 Å². The Bertz CT molecular complexity index is 892. The van der Waals surface area contributed by atoms with E-state index in [0.29, 0.717) is 47.4 Å². The van der Waals surface area contributed by atoms with Crippen molar-refractivity contribution in [2.45, 2.75) is 45.1 Å². The van der Waals surface area contributed by atoms with Crippen LogP contribution in [0.15, 0.2) is 42.5 Å². The average molecular weight is 426 g/mol. The van der Waals surface area contributed by atoms with Gasteiger partial charge in [0, 0.05) is 17.3 Å². The van der Waals surface area contributed by atoms with Crippen LogP contribution in [0.5, 0.6) is 11.5 Å². The van der Waals surface area contributed by atoms with Crippen LogP contribution < -0.4 is 20.5 Å². The number of aliphatic carboxylic acids is 1. The van der Waals surface area contributed by atoms with Gasteiger partial charge in [-0.3, -0.25) is 5.41 Å². The van der Waals surface area contributed by atoms with Crippen molar-refractivity contribution in [1.82, 2.24) is 0 Å². The van der Waals surface area contributed by atoms with Gasteiger partial charge in [0.2, 0.25) is 0 Å². The normalized spacial score (nSPS) is 15.1. The predicted octanol–water partition coefficient (Wildman–Crippen LogP) is 4.57. The van der Waals surface area contributed by atoms with E-state index >= 15 is 0 Å². The van der Waals surface area contributed by atoms with Crippen LogP contribution in [-0.2, 0) is 4.79 Å². The lowest BCUT2D eigenvalue weighted by molar-refractivity contribution is -0.138. The molecule has 2 aromatic rings. The van der Waals surface area contributed by atoms with Crippen LogP contribution in [0.3, 0.4) is 0 Å². The monoisotopic (exact) mass is 425 g/mol. The van der Waals surface area contributed by atoms with Gasteiger partial charge >= 0.3 is 5.97 Å². The highest BCUT2D eigenvalue weighted by Gasteiger charge is 2.22. The molecule has 0 radical (unpaired) electrons. The second-order valence-electron chi connectivity index (χ2n) is 7.89. The maximum atomic E-state index is 12.1. The maximum Gasteiger partial charge on any atom is 0.330 e. The number of carbonyl (C=O) groups is 1. The summed E-state index contributed by atoms with van der Waals surface area (Å²) in [4.78, 5) is 12.1. The molecule has 0 aliphatic heterocycles. The Morgan fingerprint density at radius 3 is 2.35 bits per heavy atom. The van der Waals surface area contributed by atoms with Gasteiger partial charge < -0.3 is 25.6 Å². The molecule has 7 nitrogen and oxygen atoms in total. The van der Waals surface area contributed by atoms with E-state index in [-0.39, 0.29) is 5.84 Å². The Kier molecular flexibility index (Phi) is 7.76. The summed E-state index contributed by atoms with van der Waals surface area (Å²) in [5.41, 5.74) is 7.23. The van der Waals surface area contributed by atoms with Gasteiger partial charge in [0.05, 0.1) is 13.2 Å². The molecule has 7 heteroatoms. The van der Waals surface area contributed by atoms with Gasteiger partial charge in [0.15, 0.2) is 6.04 Å². The van der Waals surface area contributed by atoms with Gasteiger partial charge in [-0.1, -0.05) is 19.3 Å². The fourth-order valence-electron chi connectivity index (χ4n) is 3.86. The van der Waals surface area contributed by atoms with Crippen molar-refractivity contribution in [3.05, 3.63) is 53.6 Å². The van der Waals surface area contributed by atoms with Crippen molar-refractivity contribution < 1.29 is 19.4 Å². The summed E-state index contributed by atoms with van der Waals surface area (Å²) in [5, 5.41) is 20.4. The summed E-state index contributed by atoms with van der Waals surface area (Å²) in [7, 11) is 0. The summed E-state index contributed by atoms with van der Waals surface area (Å²) < 4.78 is 11.7. The van der Waals surface area contributed by atoms with E-state index in [0.717, 1.165) is 0 Å². The minimum absolute atomic E-state index is 0.0366. The van der Waals surface area contributed by atoms with Crippen molar-refractivity contribution >= 4 is 17.5 Å². The number of nitrogens with two attached hydrogens (primary N) is 1. The van der Waals surface area contributed by atoms with Gasteiger partial charge in [-0.25, -0.2) is 4.79 Å². The van der Waals surface area contributed by atoms with Crippen molar-refractivity contribution in [3.63, 3.8) is 0 Å². The van der Waals surface area contributed by atoms with Crippen molar-refractivity contribution in [2.24, 2.45) is 11.7 Å². The zero-order valence-corrected chi connectivity index (χ0v) is 17.9. The zero-order chi connectivity index (χ0) is 22.2. The van der Waals surface area contributed by atoms with Crippen LogP contribution >= 0.6 is 0 Å². The van der Waals surface area contributed by atoms with E-state index in [1.54, 1.807) is 36.4 Å². The van der Waals surface area contributed by atoms with E-state index in [9.17, 15) is 9.90 Å². The van der Waals surface area contributed by atoms with E-state index in [1.165, 1.54) is 32.1 Å². The van der Waals surface area contributed by atoms with Crippen molar-refractivity contribution in [2.75, 3.05) is 18.5 Å². The number of nitrogen functional groups attached to an aromatic ring is 1. The molecule has 2 aromatic carbocycles. The minimum Gasteiger partial charge on any atom is -0.494 e. The van der Waals surface area contributed by atoms with Gasteiger partial charge in [-0.2, -0.15) is 0 Å². The Morgan fingerprint density at radius 1 is 1.13 bits per heavy atom. The van der Waals surface area contributed by atoms with Gasteiger partial charge in [-0.15, -0.1) is 0 Å². The summed E-state index contributed by atoms with van der Waals surface area (Å²) in [6.07, 6.45) is 6.12. The summed E-state index contributed by atoms with van der Waals surface area (Å²) >= 11 is 0. The fourth-order valence-corrected chi connectivity index (χ4v) is 3.86. The molecule has 1 unspecified atom stereocenters. The molecule has 0 saturated heterocycles. The largest absolute Gasteiger partial charge is 0.494 e. The third-order valence-electron chi connectivity index (χ3n) is 5.51. The number of carboxylic acids is 1. The molecule has 166 valence electrons. The van der Waals surface area contributed by atoms with Gasteiger partial charge in [-0.05, 0) is 67.6 Å². The van der Waals surface area contributed by atoms with Gasteiger partial charge in [0.1, 0.15) is 17.3 Å². The summed E-state index contributed by atoms with van der Waals surface area (Å²) in [6, 6.07) is 11.1. The number of hydrogen-bond donors (Lipinski definition) is 4. The third-order valence-corrected chi connectivity index (χ3v) is 5.51. The van der Waals surface area contributed by atoms with Crippen LogP contribution in [0.25, 0.3) is 0 Å². The number of carboxylic acid groups (broad SMARTS) is 1. The first-order chi connectivity index (χ1) is 15.0. The molecular formula is C24H31N3O4. The highest BCUT2D eigenvalue weighted by atomic mass is 16.5. The maximum absolute atomic E-state index is 12.1. The quantitative estimate of drug-likeness (QED) is 0.327. The molecule has 1 aliphatic rings. The number of ether oxygens (including phenoxy) is 2. The molecular weight excluding hydrogens is 394 g/mol. The molecule has 0 heterocycles. The number of rotatable bonds is 10. The minimum atomic E-state index is -1.01.